The zero-order valence-corrected chi connectivity index (χ0v) is 4.87. The number of nitrogens with two attached hydrogens (primary N) is 1. The van der Waals surface area contributed by atoms with E-state index in [1.165, 1.54) is 0 Å². The molecule has 1 amide bonds. The highest BCUT2D eigenvalue weighted by Crippen LogP contribution is 1.58. The van der Waals surface area contributed by atoms with Crippen molar-refractivity contribution in [2.75, 3.05) is 0 Å². The summed E-state index contributed by atoms with van der Waals surface area (Å²) in [6, 6.07) is 0. The molecule has 0 bridgehead atoms. The Labute approximate surface area is 52.9 Å². The Bertz CT molecular complexity index is 115. The lowest BCUT2D eigenvalue weighted by molar-refractivity contribution is -0.113. The summed E-state index contributed by atoms with van der Waals surface area (Å²) in [5, 5.41) is 14.8. The van der Waals surface area contributed by atoms with Crippen LogP contribution in [-0.4, -0.2) is 16.1 Å². The van der Waals surface area contributed by atoms with Gasteiger partial charge in [0, 0.05) is 0 Å². The topological polar surface area (TPSA) is 83.6 Å². The minimum Gasteiger partial charge on any atom is -0.482 e. The number of aliphatic hydroxyl groups is 2. The van der Waals surface area contributed by atoms with Gasteiger partial charge in [-0.2, -0.15) is 0 Å². The number of aliphatic hydroxyl groups excluding tert-OH is 1. The summed E-state index contributed by atoms with van der Waals surface area (Å²) in [6.45, 7) is 5.75. The second-order valence-electron chi connectivity index (χ2n) is 1.02. The second-order valence-corrected chi connectivity index (χ2v) is 1.02. The second kappa shape index (κ2) is 6.55. The Hall–Kier alpha value is -1.45. The van der Waals surface area contributed by atoms with E-state index in [0.717, 1.165) is 6.08 Å². The van der Waals surface area contributed by atoms with E-state index in [1.807, 2.05) is 0 Å². The van der Waals surface area contributed by atoms with Crippen molar-refractivity contribution in [3.63, 3.8) is 0 Å². The fourth-order valence-electron chi connectivity index (χ4n) is 0. The zero-order chi connectivity index (χ0) is 7.86. The molecule has 0 spiro atoms. The Morgan fingerprint density at radius 3 is 1.67 bits per heavy atom. The summed E-state index contributed by atoms with van der Waals surface area (Å²) >= 11 is 0. The zero-order valence-electron chi connectivity index (χ0n) is 4.87. The summed E-state index contributed by atoms with van der Waals surface area (Å²) in [5.74, 6) is -1.31. The van der Waals surface area contributed by atoms with E-state index in [4.69, 9.17) is 10.2 Å². The standard InChI is InChI=1S/C3H5NO.C2H4O2/c1-2-3(4)5;1-2(3)4/h2H,1H2,(H2,4,5);3-4H,1H2. The highest BCUT2D eigenvalue weighted by Gasteiger charge is 1.69. The van der Waals surface area contributed by atoms with Crippen molar-refractivity contribution in [1.82, 2.24) is 0 Å². The largest absolute Gasteiger partial charge is 0.482 e. The summed E-state index contributed by atoms with van der Waals surface area (Å²) in [7, 11) is 0. The van der Waals surface area contributed by atoms with Gasteiger partial charge in [0.2, 0.25) is 5.91 Å². The highest BCUT2D eigenvalue weighted by molar-refractivity contribution is 5.84. The van der Waals surface area contributed by atoms with Gasteiger partial charge in [0.1, 0.15) is 0 Å². The lowest BCUT2D eigenvalue weighted by atomic mass is 10.6. The molecule has 0 aliphatic rings. The Morgan fingerprint density at radius 1 is 1.56 bits per heavy atom. The molecule has 9 heavy (non-hydrogen) atoms. The summed E-state index contributed by atoms with van der Waals surface area (Å²) in [6.07, 6.45) is 1.06. The molecule has 0 fully saturated rings. The molecular weight excluding hydrogens is 122 g/mol. The van der Waals surface area contributed by atoms with Gasteiger partial charge in [-0.05, 0) is 12.7 Å². The molecule has 0 radical (unpaired) electrons. The SMILES string of the molecule is C=C(O)O.C=CC(N)=O. The third kappa shape index (κ3) is 448. The summed E-state index contributed by atoms with van der Waals surface area (Å²) in [4.78, 5) is 9.47. The molecule has 0 aromatic carbocycles. The van der Waals surface area contributed by atoms with E-state index in [9.17, 15) is 4.79 Å². The van der Waals surface area contributed by atoms with E-state index in [1.54, 1.807) is 0 Å². The third-order valence-corrected chi connectivity index (χ3v) is 0.201. The number of amides is 1. The normalized spacial score (nSPS) is 6.22. The molecular formula is C5H9NO3. The average Bonchev–Trinajstić information content (AvgIpc) is 1.65. The van der Waals surface area contributed by atoms with Crippen LogP contribution in [0.2, 0.25) is 0 Å². The van der Waals surface area contributed by atoms with E-state index < -0.39 is 11.9 Å². The number of hydrogen-bond donors (Lipinski definition) is 3. The number of carbonyl (C=O) groups is 1. The van der Waals surface area contributed by atoms with E-state index in [2.05, 4.69) is 18.9 Å². The lowest BCUT2D eigenvalue weighted by Crippen LogP contribution is -2.04. The number of rotatable bonds is 1. The van der Waals surface area contributed by atoms with Gasteiger partial charge >= 0.3 is 0 Å². The smallest absolute Gasteiger partial charge is 0.266 e. The van der Waals surface area contributed by atoms with Crippen LogP contribution in [0.5, 0.6) is 0 Å². The maximum atomic E-state index is 9.47. The molecule has 0 aliphatic carbocycles. The van der Waals surface area contributed by atoms with Crippen LogP contribution in [0.4, 0.5) is 0 Å². The number of hydrogen-bond acceptors (Lipinski definition) is 3. The first-order chi connectivity index (χ1) is 4.00. The maximum Gasteiger partial charge on any atom is 0.266 e. The fraction of sp³-hybridized carbons (Fsp3) is 0. The van der Waals surface area contributed by atoms with Gasteiger partial charge in [-0.15, -0.1) is 0 Å². The number of carbonyl (C=O) groups excluding carboxylic acids is 1. The monoisotopic (exact) mass is 131 g/mol. The van der Waals surface area contributed by atoms with Crippen LogP contribution < -0.4 is 5.73 Å². The molecule has 0 unspecified atom stereocenters. The van der Waals surface area contributed by atoms with Gasteiger partial charge in [-0.25, -0.2) is 0 Å². The van der Waals surface area contributed by atoms with Crippen molar-refractivity contribution in [2.24, 2.45) is 5.73 Å². The van der Waals surface area contributed by atoms with Crippen molar-refractivity contribution in [1.29, 1.82) is 0 Å². The first-order valence-electron chi connectivity index (χ1n) is 1.99. The fourth-order valence-corrected chi connectivity index (χ4v) is 0. The quantitative estimate of drug-likeness (QED) is 0.352. The Balaban J connectivity index is 0. The molecule has 4 nitrogen and oxygen atoms in total. The summed E-state index contributed by atoms with van der Waals surface area (Å²) in [5.41, 5.74) is 4.53. The highest BCUT2D eigenvalue weighted by atomic mass is 16.5. The van der Waals surface area contributed by atoms with Gasteiger partial charge in [0.15, 0.2) is 0 Å². The molecule has 4 heteroatoms. The average molecular weight is 131 g/mol. The first kappa shape index (κ1) is 10.5. The van der Waals surface area contributed by atoms with Crippen molar-refractivity contribution >= 4 is 5.91 Å². The molecule has 4 N–H and O–H groups in total. The Morgan fingerprint density at radius 2 is 1.67 bits per heavy atom. The Kier molecular flexibility index (Phi) is 7.65. The van der Waals surface area contributed by atoms with Gasteiger partial charge in [-0.1, -0.05) is 6.58 Å². The van der Waals surface area contributed by atoms with Crippen LogP contribution in [0.25, 0.3) is 0 Å². The predicted molar refractivity (Wildman–Crippen MR) is 33.8 cm³/mol. The molecule has 0 aromatic rings. The molecule has 0 atom stereocenters. The van der Waals surface area contributed by atoms with Crippen molar-refractivity contribution < 1.29 is 15.0 Å². The molecule has 0 heterocycles. The molecule has 0 aliphatic heterocycles. The molecule has 0 aromatic heterocycles. The van der Waals surface area contributed by atoms with Gasteiger partial charge < -0.3 is 15.9 Å². The van der Waals surface area contributed by atoms with Crippen LogP contribution in [-0.2, 0) is 4.79 Å². The van der Waals surface area contributed by atoms with Crippen LogP contribution in [0, 0.1) is 0 Å². The van der Waals surface area contributed by atoms with Crippen molar-refractivity contribution in [2.45, 2.75) is 0 Å². The van der Waals surface area contributed by atoms with Gasteiger partial charge in [0.25, 0.3) is 5.95 Å². The predicted octanol–water partition coefficient (Wildman–Crippen LogP) is 0.231. The van der Waals surface area contributed by atoms with E-state index in [0.29, 0.717) is 0 Å². The van der Waals surface area contributed by atoms with Gasteiger partial charge in [-0.3, -0.25) is 4.79 Å². The molecule has 52 valence electrons. The lowest BCUT2D eigenvalue weighted by Gasteiger charge is -1.69. The molecule has 0 saturated heterocycles. The first-order valence-corrected chi connectivity index (χ1v) is 1.99. The van der Waals surface area contributed by atoms with Gasteiger partial charge in [0.05, 0.1) is 0 Å². The van der Waals surface area contributed by atoms with Crippen LogP contribution in [0.1, 0.15) is 0 Å². The minimum atomic E-state index is -0.833. The minimum absolute atomic E-state index is 0.481. The van der Waals surface area contributed by atoms with Crippen molar-refractivity contribution in [3.8, 4) is 0 Å². The van der Waals surface area contributed by atoms with E-state index in [-0.39, 0.29) is 0 Å². The molecule has 0 rings (SSSR count). The summed E-state index contributed by atoms with van der Waals surface area (Å²) < 4.78 is 0. The van der Waals surface area contributed by atoms with Crippen molar-refractivity contribution in [3.05, 3.63) is 25.2 Å². The maximum absolute atomic E-state index is 9.47. The van der Waals surface area contributed by atoms with Crippen LogP contribution >= 0.6 is 0 Å². The van der Waals surface area contributed by atoms with Crippen LogP contribution in [0.3, 0.4) is 0 Å². The van der Waals surface area contributed by atoms with Crippen LogP contribution in [0.15, 0.2) is 25.2 Å². The number of primary amides is 1. The van der Waals surface area contributed by atoms with E-state index >= 15 is 0 Å². The molecule has 0 saturated carbocycles. The third-order valence-electron chi connectivity index (χ3n) is 0.201.